The summed E-state index contributed by atoms with van der Waals surface area (Å²) in [5.41, 5.74) is 8.60. The Morgan fingerprint density at radius 1 is 0.429 bits per heavy atom. The third-order valence-corrected chi connectivity index (χ3v) is 22.9. The smallest absolute Gasteiger partial charge is 0.177 e. The van der Waals surface area contributed by atoms with Gasteiger partial charge in [0.05, 0.1) is 0 Å². The Morgan fingerprint density at radius 3 is 1.51 bits per heavy atom. The highest BCUT2D eigenvalue weighted by Gasteiger charge is 2.23. The minimum Gasteiger partial charge on any atom is -0.195 e. The van der Waals surface area contributed by atoms with Gasteiger partial charge in [-0.2, -0.15) is 8.78 Å². The van der Waals surface area contributed by atoms with Crippen LogP contribution in [0.3, 0.4) is 0 Å². The first-order valence-corrected chi connectivity index (χ1v) is 32.6. The minimum atomic E-state index is -0.135. The first-order chi connectivity index (χ1) is 34.2. The van der Waals surface area contributed by atoms with Crippen LogP contribution < -0.4 is 9.06 Å². The van der Waals surface area contributed by atoms with Gasteiger partial charge in [0.25, 0.3) is 0 Å². The zero-order valence-electron chi connectivity index (χ0n) is 42.1. The molecule has 8 aromatic heterocycles. The molecule has 0 saturated carbocycles. The van der Waals surface area contributed by atoms with Crippen molar-refractivity contribution in [3.63, 3.8) is 0 Å². The normalized spacial score (nSPS) is 13.3. The lowest BCUT2D eigenvalue weighted by Crippen LogP contribution is -2.05. The molecule has 8 heterocycles. The monoisotopic (exact) mass is 1080 g/mol. The maximum Gasteiger partial charge on any atom is 0.177 e. The predicted molar refractivity (Wildman–Crippen MR) is 314 cm³/mol. The largest absolute Gasteiger partial charge is 0.195 e. The van der Waals surface area contributed by atoms with E-state index in [1.165, 1.54) is 206 Å². The lowest BCUT2D eigenvalue weighted by molar-refractivity contribution is 0.657. The van der Waals surface area contributed by atoms with Gasteiger partial charge in [0.2, 0.25) is 0 Å². The Kier molecular flexibility index (Phi) is 20.2. The van der Waals surface area contributed by atoms with Gasteiger partial charge in [0.15, 0.2) is 10.3 Å². The van der Waals surface area contributed by atoms with Gasteiger partial charge in [-0.3, -0.25) is 0 Å². The quantitative estimate of drug-likeness (QED) is 0.0474. The summed E-state index contributed by atoms with van der Waals surface area (Å²) < 4.78 is 34.3. The Bertz CT molecular complexity index is 3130. The molecule has 0 saturated heterocycles. The number of hydrogen-bond donors (Lipinski definition) is 0. The molecule has 0 amide bonds. The fourth-order valence-corrected chi connectivity index (χ4v) is 18.6. The first kappa shape index (κ1) is 53.5. The maximum absolute atomic E-state index is 14.6. The summed E-state index contributed by atoms with van der Waals surface area (Å²) >= 11 is 14.1. The molecule has 0 bridgehead atoms. The average molecular weight is 1090 g/mol. The van der Waals surface area contributed by atoms with Crippen molar-refractivity contribution in [2.45, 2.75) is 170 Å². The molecular formula is C60H70F2S8. The summed E-state index contributed by atoms with van der Waals surface area (Å²) in [6, 6.07) is 26.2. The van der Waals surface area contributed by atoms with Gasteiger partial charge in [-0.15, -0.1) is 90.7 Å². The highest BCUT2D eigenvalue weighted by molar-refractivity contribution is 7.25. The van der Waals surface area contributed by atoms with Gasteiger partial charge in [-0.1, -0.05) is 105 Å². The van der Waals surface area contributed by atoms with Crippen molar-refractivity contribution in [2.24, 2.45) is 0 Å². The van der Waals surface area contributed by atoms with E-state index in [1.54, 1.807) is 23.5 Å². The molecule has 70 heavy (non-hydrogen) atoms. The third kappa shape index (κ3) is 13.5. The van der Waals surface area contributed by atoms with Gasteiger partial charge in [0, 0.05) is 72.5 Å². The summed E-state index contributed by atoms with van der Waals surface area (Å²) in [5, 5.41) is -0.270. The molecule has 0 radical (unpaired) electrons. The van der Waals surface area contributed by atoms with Crippen molar-refractivity contribution < 1.29 is 8.78 Å². The third-order valence-electron chi connectivity index (χ3n) is 13.3. The Labute approximate surface area is 448 Å². The zero-order chi connectivity index (χ0) is 49.0. The number of unbranched alkanes of at least 4 members (excludes halogenated alkanes) is 12. The number of halogens is 2. The second-order valence-corrected chi connectivity index (χ2v) is 27.5. The predicted octanol–water partition coefficient (Wildman–Crippen LogP) is 21.0. The van der Waals surface area contributed by atoms with E-state index in [1.807, 2.05) is 68.8 Å². The molecule has 10 heteroatoms. The summed E-state index contributed by atoms with van der Waals surface area (Å²) in [6.07, 6.45) is 24.1. The van der Waals surface area contributed by atoms with Crippen LogP contribution in [0, 0.1) is 26.3 Å². The average Bonchev–Trinajstić information content (AvgIpc) is 4.21. The Morgan fingerprint density at radius 2 is 0.943 bits per heavy atom. The van der Waals surface area contributed by atoms with Gasteiger partial charge in [0.1, 0.15) is 0 Å². The van der Waals surface area contributed by atoms with Crippen LogP contribution in [0.1, 0.15) is 179 Å². The topological polar surface area (TPSA) is 0 Å². The lowest BCUT2D eigenvalue weighted by atomic mass is 10.0. The summed E-state index contributed by atoms with van der Waals surface area (Å²) in [4.78, 5) is 12.5. The standard InChI is InChI=1S/C60H70F2S8/c1-7-11-15-19-23-41-35-39(5)63-58(41)52-38-44(26-22-18-14-10-4)60(70-52)56(50-30-29-47(65-50)49-32-34-55(62)67-49)51-36-43(25-21-17-13-9-3)59(68-51)53-37-42(24-20-16-12-8-2)57(69-53)40(6)45-27-28-46(64-45)48-31-33-54(61)66-48/h27-38H,7-26H2,1-6H3/b56-51?,57-40?,59-53+. The summed E-state index contributed by atoms with van der Waals surface area (Å²) in [5.74, 6) is 0. The molecule has 0 unspecified atom stereocenters. The highest BCUT2D eigenvalue weighted by Crippen LogP contribution is 2.45. The number of thiophene rings is 8. The fourth-order valence-electron chi connectivity index (χ4n) is 9.49. The SMILES string of the molecule is CCCCCCc1cc(-c2sc(C)cc2CCCCCC)sc1C(c1ccc(-c2ccc(F)s2)s1)=c1cc(CCCCCC)/c(=c2/cc(CCCCCC)c(=C(C)c3ccc(-c4ccc(F)s4)s3)s2)s1. The molecule has 0 aliphatic carbocycles. The zero-order valence-corrected chi connectivity index (χ0v) is 48.6. The van der Waals surface area contributed by atoms with Crippen LogP contribution in [0.4, 0.5) is 8.78 Å². The van der Waals surface area contributed by atoms with Gasteiger partial charge in [-0.25, -0.2) is 0 Å². The minimum absolute atomic E-state index is 0.135. The molecule has 0 nitrogen and oxygen atoms in total. The molecule has 0 atom stereocenters. The van der Waals surface area contributed by atoms with Crippen LogP contribution in [-0.2, 0) is 25.7 Å². The van der Waals surface area contributed by atoms with Crippen LogP contribution in [0.2, 0.25) is 0 Å². The molecule has 0 aromatic carbocycles. The molecule has 0 aliphatic heterocycles. The maximum atomic E-state index is 14.6. The first-order valence-electron chi connectivity index (χ1n) is 26.1. The molecule has 0 spiro atoms. The summed E-state index contributed by atoms with van der Waals surface area (Å²) in [6.45, 7) is 13.8. The number of aryl methyl sites for hydroxylation is 5. The summed E-state index contributed by atoms with van der Waals surface area (Å²) in [7, 11) is 0. The Hall–Kier alpha value is -2.80. The van der Waals surface area contributed by atoms with Crippen molar-refractivity contribution in [3.8, 4) is 29.3 Å². The van der Waals surface area contributed by atoms with Crippen molar-refractivity contribution in [1.82, 2.24) is 0 Å². The van der Waals surface area contributed by atoms with Crippen LogP contribution in [-0.4, -0.2) is 0 Å². The highest BCUT2D eigenvalue weighted by atomic mass is 32.1. The fraction of sp³-hybridized carbons (Fsp3) is 0.433. The van der Waals surface area contributed by atoms with E-state index >= 15 is 0 Å². The Balaban J connectivity index is 1.37. The van der Waals surface area contributed by atoms with Gasteiger partial charge < -0.3 is 0 Å². The van der Waals surface area contributed by atoms with Crippen LogP contribution in [0.5, 0.6) is 0 Å². The van der Waals surface area contributed by atoms with E-state index in [4.69, 9.17) is 0 Å². The van der Waals surface area contributed by atoms with E-state index in [0.717, 1.165) is 45.2 Å². The molecule has 0 aliphatic rings. The van der Waals surface area contributed by atoms with E-state index in [2.05, 4.69) is 90.1 Å². The molecule has 8 aromatic rings. The molecule has 8 rings (SSSR count). The van der Waals surface area contributed by atoms with E-state index < -0.39 is 0 Å². The van der Waals surface area contributed by atoms with Crippen molar-refractivity contribution in [3.05, 3.63) is 143 Å². The second kappa shape index (κ2) is 26.4. The van der Waals surface area contributed by atoms with E-state index in [-0.39, 0.29) is 10.3 Å². The number of hydrogen-bond acceptors (Lipinski definition) is 8. The second-order valence-electron chi connectivity index (χ2n) is 18.9. The lowest BCUT2D eigenvalue weighted by Gasteiger charge is -2.07. The number of rotatable bonds is 26. The van der Waals surface area contributed by atoms with Gasteiger partial charge in [-0.05, 0) is 166 Å². The molecular weight excluding hydrogens is 1020 g/mol. The van der Waals surface area contributed by atoms with Crippen molar-refractivity contribution >= 4 is 102 Å². The van der Waals surface area contributed by atoms with Crippen LogP contribution >= 0.6 is 90.7 Å². The molecule has 0 fully saturated rings. The van der Waals surface area contributed by atoms with Crippen molar-refractivity contribution in [1.29, 1.82) is 0 Å². The molecule has 372 valence electrons. The van der Waals surface area contributed by atoms with E-state index in [0.29, 0.717) is 0 Å². The molecule has 0 N–H and O–H groups in total. The van der Waals surface area contributed by atoms with E-state index in [9.17, 15) is 8.78 Å². The van der Waals surface area contributed by atoms with Crippen LogP contribution in [0.15, 0.2) is 72.8 Å². The van der Waals surface area contributed by atoms with Crippen molar-refractivity contribution in [2.75, 3.05) is 0 Å². The van der Waals surface area contributed by atoms with Gasteiger partial charge >= 0.3 is 0 Å². The van der Waals surface area contributed by atoms with Crippen LogP contribution in [0.25, 0.3) is 40.4 Å².